The van der Waals surface area contributed by atoms with Crippen molar-refractivity contribution in [3.8, 4) is 0 Å². The highest BCUT2D eigenvalue weighted by molar-refractivity contribution is 6.00. The van der Waals surface area contributed by atoms with Gasteiger partial charge in [-0.25, -0.2) is 9.97 Å². The topological polar surface area (TPSA) is 42.9 Å². The summed E-state index contributed by atoms with van der Waals surface area (Å²) in [6, 6.07) is 9.70. The Morgan fingerprint density at radius 1 is 1.12 bits per heavy atom. The van der Waals surface area contributed by atoms with Crippen LogP contribution in [0.15, 0.2) is 49.1 Å². The molecule has 2 aromatic rings. The lowest BCUT2D eigenvalue weighted by molar-refractivity contribution is 0.0965. The number of Topliss-reactive ketones (excluding diaryl/α,β-unsaturated/α-hetero) is 1. The molecule has 0 spiro atoms. The van der Waals surface area contributed by atoms with E-state index >= 15 is 0 Å². The van der Waals surface area contributed by atoms with E-state index in [9.17, 15) is 4.79 Å². The second kappa shape index (κ2) is 4.66. The van der Waals surface area contributed by atoms with E-state index in [1.54, 1.807) is 12.4 Å². The fraction of sp³-hybridized carbons (Fsp3) is 0.154. The Balaban J connectivity index is 2.24. The predicted octanol–water partition coefficient (Wildman–Crippen LogP) is 2.46. The summed E-state index contributed by atoms with van der Waals surface area (Å²) < 4.78 is 0. The number of aromatic nitrogens is 2. The van der Waals surface area contributed by atoms with Crippen molar-refractivity contribution in [3.05, 3.63) is 60.2 Å². The van der Waals surface area contributed by atoms with Crippen molar-refractivity contribution >= 4 is 5.78 Å². The second-order valence-corrected chi connectivity index (χ2v) is 3.62. The molecule has 3 nitrogen and oxygen atoms in total. The normalized spacial score (nSPS) is 12.1. The van der Waals surface area contributed by atoms with E-state index in [2.05, 4.69) is 9.97 Å². The second-order valence-electron chi connectivity index (χ2n) is 3.62. The highest BCUT2D eigenvalue weighted by Crippen LogP contribution is 2.19. The molecule has 2 rings (SSSR count). The van der Waals surface area contributed by atoms with E-state index < -0.39 is 0 Å². The van der Waals surface area contributed by atoms with Crippen LogP contribution in [0.25, 0.3) is 0 Å². The van der Waals surface area contributed by atoms with E-state index in [1.807, 2.05) is 37.3 Å². The molecule has 0 aliphatic heterocycles. The Morgan fingerprint density at radius 3 is 2.38 bits per heavy atom. The predicted molar refractivity (Wildman–Crippen MR) is 61.2 cm³/mol. The van der Waals surface area contributed by atoms with Crippen molar-refractivity contribution in [1.82, 2.24) is 9.97 Å². The van der Waals surface area contributed by atoms with Crippen LogP contribution in [0.5, 0.6) is 0 Å². The summed E-state index contributed by atoms with van der Waals surface area (Å²) in [4.78, 5) is 19.8. The van der Waals surface area contributed by atoms with Gasteiger partial charge in [-0.05, 0) is 5.56 Å². The Kier molecular flexibility index (Phi) is 3.05. The molecule has 0 aliphatic rings. The average Bonchev–Trinajstić information content (AvgIpc) is 2.39. The average molecular weight is 212 g/mol. The van der Waals surface area contributed by atoms with Crippen molar-refractivity contribution in [1.29, 1.82) is 0 Å². The minimum atomic E-state index is -0.160. The van der Waals surface area contributed by atoms with Crippen LogP contribution in [-0.2, 0) is 0 Å². The van der Waals surface area contributed by atoms with Gasteiger partial charge < -0.3 is 0 Å². The van der Waals surface area contributed by atoms with Crippen LogP contribution in [0, 0.1) is 0 Å². The number of carbonyl (C=O) groups excluding carboxylic acids is 1. The lowest BCUT2D eigenvalue weighted by Gasteiger charge is -2.09. The highest BCUT2D eigenvalue weighted by atomic mass is 16.1. The Bertz CT molecular complexity index is 468. The summed E-state index contributed by atoms with van der Waals surface area (Å²) in [6.07, 6.45) is 4.52. The standard InChI is InChI=1S/C13H12N2O/c1-10(11-5-3-2-4-6-11)13(16)12-7-14-9-15-8-12/h2-10H,1H3. The van der Waals surface area contributed by atoms with Gasteiger partial charge in [0.1, 0.15) is 6.33 Å². The molecular formula is C13H12N2O. The molecule has 0 fully saturated rings. The van der Waals surface area contributed by atoms with Crippen molar-refractivity contribution < 1.29 is 4.79 Å². The molecular weight excluding hydrogens is 200 g/mol. The fourth-order valence-corrected chi connectivity index (χ4v) is 1.57. The monoisotopic (exact) mass is 212 g/mol. The Morgan fingerprint density at radius 2 is 1.75 bits per heavy atom. The Hall–Kier alpha value is -2.03. The quantitative estimate of drug-likeness (QED) is 0.734. The zero-order chi connectivity index (χ0) is 11.4. The number of benzene rings is 1. The van der Waals surface area contributed by atoms with Crippen LogP contribution >= 0.6 is 0 Å². The molecule has 3 heteroatoms. The van der Waals surface area contributed by atoms with E-state index in [0.29, 0.717) is 5.56 Å². The first kappa shape index (κ1) is 10.5. The van der Waals surface area contributed by atoms with Gasteiger partial charge in [0.05, 0.1) is 5.56 Å². The van der Waals surface area contributed by atoms with Crippen LogP contribution in [0.2, 0.25) is 0 Å². The Labute approximate surface area is 94.2 Å². The minimum absolute atomic E-state index is 0.0480. The molecule has 0 bridgehead atoms. The smallest absolute Gasteiger partial charge is 0.173 e. The maximum atomic E-state index is 12.1. The van der Waals surface area contributed by atoms with Gasteiger partial charge in [0.15, 0.2) is 5.78 Å². The van der Waals surface area contributed by atoms with Gasteiger partial charge in [0.25, 0.3) is 0 Å². The minimum Gasteiger partial charge on any atom is -0.293 e. The maximum absolute atomic E-state index is 12.1. The SMILES string of the molecule is CC(C(=O)c1cncnc1)c1ccccc1. The molecule has 1 heterocycles. The molecule has 0 saturated heterocycles. The molecule has 1 unspecified atom stereocenters. The summed E-state index contributed by atoms with van der Waals surface area (Å²) >= 11 is 0. The first-order chi connectivity index (χ1) is 7.79. The van der Waals surface area contributed by atoms with Gasteiger partial charge in [0, 0.05) is 18.3 Å². The highest BCUT2D eigenvalue weighted by Gasteiger charge is 2.16. The third-order valence-corrected chi connectivity index (χ3v) is 2.54. The van der Waals surface area contributed by atoms with Crippen molar-refractivity contribution in [3.63, 3.8) is 0 Å². The number of nitrogens with zero attached hydrogens (tertiary/aromatic N) is 2. The number of hydrogen-bond donors (Lipinski definition) is 0. The van der Waals surface area contributed by atoms with Crippen LogP contribution in [0.1, 0.15) is 28.8 Å². The van der Waals surface area contributed by atoms with E-state index in [1.165, 1.54) is 6.33 Å². The van der Waals surface area contributed by atoms with Crippen molar-refractivity contribution in [2.45, 2.75) is 12.8 Å². The summed E-state index contributed by atoms with van der Waals surface area (Å²) in [6.45, 7) is 1.89. The zero-order valence-corrected chi connectivity index (χ0v) is 9.00. The summed E-state index contributed by atoms with van der Waals surface area (Å²) in [5.74, 6) is -0.112. The van der Waals surface area contributed by atoms with Crippen molar-refractivity contribution in [2.75, 3.05) is 0 Å². The van der Waals surface area contributed by atoms with Crippen LogP contribution in [-0.4, -0.2) is 15.8 Å². The lowest BCUT2D eigenvalue weighted by atomic mass is 9.94. The van der Waals surface area contributed by atoms with Crippen molar-refractivity contribution in [2.24, 2.45) is 0 Å². The van der Waals surface area contributed by atoms with Gasteiger partial charge in [-0.15, -0.1) is 0 Å². The molecule has 0 aliphatic carbocycles. The van der Waals surface area contributed by atoms with Crippen LogP contribution in [0.3, 0.4) is 0 Å². The molecule has 1 aromatic carbocycles. The number of carbonyl (C=O) groups is 1. The van der Waals surface area contributed by atoms with Gasteiger partial charge in [-0.1, -0.05) is 37.3 Å². The molecule has 0 saturated carbocycles. The fourth-order valence-electron chi connectivity index (χ4n) is 1.57. The van der Waals surface area contributed by atoms with Gasteiger partial charge in [-0.3, -0.25) is 4.79 Å². The van der Waals surface area contributed by atoms with Gasteiger partial charge >= 0.3 is 0 Å². The largest absolute Gasteiger partial charge is 0.293 e. The first-order valence-corrected chi connectivity index (χ1v) is 5.13. The van der Waals surface area contributed by atoms with E-state index in [0.717, 1.165) is 5.56 Å². The zero-order valence-electron chi connectivity index (χ0n) is 9.00. The molecule has 0 amide bonds. The third-order valence-electron chi connectivity index (χ3n) is 2.54. The summed E-state index contributed by atoms with van der Waals surface area (Å²) in [5, 5.41) is 0. The number of hydrogen-bond acceptors (Lipinski definition) is 3. The number of rotatable bonds is 3. The molecule has 1 atom stereocenters. The summed E-state index contributed by atoms with van der Waals surface area (Å²) in [5.41, 5.74) is 1.57. The third kappa shape index (κ3) is 2.14. The molecule has 0 N–H and O–H groups in total. The maximum Gasteiger partial charge on any atom is 0.173 e. The van der Waals surface area contributed by atoms with Crippen LogP contribution in [0.4, 0.5) is 0 Å². The van der Waals surface area contributed by atoms with Gasteiger partial charge in [-0.2, -0.15) is 0 Å². The van der Waals surface area contributed by atoms with E-state index in [4.69, 9.17) is 0 Å². The molecule has 80 valence electrons. The molecule has 1 aromatic heterocycles. The summed E-state index contributed by atoms with van der Waals surface area (Å²) in [7, 11) is 0. The lowest BCUT2D eigenvalue weighted by Crippen LogP contribution is -2.10. The number of ketones is 1. The van der Waals surface area contributed by atoms with E-state index in [-0.39, 0.29) is 11.7 Å². The molecule has 0 radical (unpaired) electrons. The van der Waals surface area contributed by atoms with Crippen LogP contribution < -0.4 is 0 Å². The van der Waals surface area contributed by atoms with Gasteiger partial charge in [0.2, 0.25) is 0 Å². The molecule has 16 heavy (non-hydrogen) atoms. The first-order valence-electron chi connectivity index (χ1n) is 5.13.